The van der Waals surface area contributed by atoms with Crippen molar-refractivity contribution in [3.63, 3.8) is 0 Å². The van der Waals surface area contributed by atoms with E-state index < -0.39 is 35.4 Å². The Bertz CT molecular complexity index is 586. The molecule has 1 aromatic rings. The fourth-order valence-electron chi connectivity index (χ4n) is 2.25. The molecule has 26 heavy (non-hydrogen) atoms. The van der Waals surface area contributed by atoms with Crippen LogP contribution in [0.15, 0.2) is 30.3 Å². The lowest BCUT2D eigenvalue weighted by molar-refractivity contribution is -0.164. The van der Waals surface area contributed by atoms with Crippen LogP contribution in [0.2, 0.25) is 0 Å². The van der Waals surface area contributed by atoms with Crippen LogP contribution in [0, 0.1) is 0 Å². The molecule has 0 aromatic heterocycles. The Kier molecular flexibility index (Phi) is 7.63. The molecule has 0 spiro atoms. The van der Waals surface area contributed by atoms with Crippen molar-refractivity contribution in [2.45, 2.75) is 78.4 Å². The number of hydrogen-bond acceptors (Lipinski definition) is 5. The Morgan fingerprint density at radius 2 is 1.58 bits per heavy atom. The van der Waals surface area contributed by atoms with E-state index >= 15 is 0 Å². The molecule has 0 radical (unpaired) electrons. The van der Waals surface area contributed by atoms with Gasteiger partial charge in [-0.1, -0.05) is 30.3 Å². The van der Waals surface area contributed by atoms with E-state index in [0.717, 1.165) is 5.56 Å². The minimum Gasteiger partial charge on any atom is -0.458 e. The number of benzene rings is 1. The van der Waals surface area contributed by atoms with Gasteiger partial charge < -0.3 is 19.5 Å². The van der Waals surface area contributed by atoms with Crippen molar-refractivity contribution >= 4 is 12.1 Å². The second kappa shape index (κ2) is 9.03. The van der Waals surface area contributed by atoms with Crippen molar-refractivity contribution in [1.82, 2.24) is 5.32 Å². The maximum atomic E-state index is 12.5. The Hall–Kier alpha value is -2.08. The summed E-state index contributed by atoms with van der Waals surface area (Å²) >= 11 is 0. The summed E-state index contributed by atoms with van der Waals surface area (Å²) in [7, 11) is 0. The summed E-state index contributed by atoms with van der Waals surface area (Å²) in [6.07, 6.45) is -1.29. The highest BCUT2D eigenvalue weighted by atomic mass is 16.6. The molecule has 1 amide bonds. The molecule has 0 heterocycles. The van der Waals surface area contributed by atoms with Gasteiger partial charge >= 0.3 is 12.1 Å². The van der Waals surface area contributed by atoms with Gasteiger partial charge in [0.2, 0.25) is 0 Å². The van der Waals surface area contributed by atoms with Gasteiger partial charge in [0.15, 0.2) is 6.04 Å². The zero-order chi connectivity index (χ0) is 20.0. The highest BCUT2D eigenvalue weighted by Crippen LogP contribution is 2.16. The van der Waals surface area contributed by atoms with Gasteiger partial charge in [0.05, 0.1) is 11.7 Å². The van der Waals surface area contributed by atoms with Crippen LogP contribution in [0.3, 0.4) is 0 Å². The molecule has 2 atom stereocenters. The van der Waals surface area contributed by atoms with E-state index in [1.54, 1.807) is 27.7 Å². The van der Waals surface area contributed by atoms with Gasteiger partial charge in [-0.25, -0.2) is 9.59 Å². The fourth-order valence-corrected chi connectivity index (χ4v) is 2.25. The number of carbonyl (C=O) groups excluding carboxylic acids is 2. The van der Waals surface area contributed by atoms with Crippen molar-refractivity contribution < 1.29 is 23.8 Å². The van der Waals surface area contributed by atoms with E-state index in [-0.39, 0.29) is 6.61 Å². The topological polar surface area (TPSA) is 73.9 Å². The first-order valence-electron chi connectivity index (χ1n) is 8.75. The monoisotopic (exact) mass is 365 g/mol. The van der Waals surface area contributed by atoms with Crippen LogP contribution in [0.4, 0.5) is 4.79 Å². The Morgan fingerprint density at radius 1 is 1.00 bits per heavy atom. The van der Waals surface area contributed by atoms with E-state index in [4.69, 9.17) is 14.2 Å². The predicted molar refractivity (Wildman–Crippen MR) is 99.7 cm³/mol. The highest BCUT2D eigenvalue weighted by molar-refractivity contribution is 5.82. The molecular weight excluding hydrogens is 334 g/mol. The summed E-state index contributed by atoms with van der Waals surface area (Å²) in [5.41, 5.74) is -0.294. The van der Waals surface area contributed by atoms with Gasteiger partial charge in [0.25, 0.3) is 0 Å². The number of nitrogens with one attached hydrogen (secondary N) is 1. The van der Waals surface area contributed by atoms with Crippen molar-refractivity contribution in [2.75, 3.05) is 0 Å². The molecule has 0 saturated heterocycles. The minimum absolute atomic E-state index is 0.113. The van der Waals surface area contributed by atoms with Gasteiger partial charge in [-0.2, -0.15) is 0 Å². The van der Waals surface area contributed by atoms with E-state index in [0.29, 0.717) is 0 Å². The lowest BCUT2D eigenvalue weighted by atomic mass is 10.1. The second-order valence-corrected chi connectivity index (χ2v) is 8.15. The first-order chi connectivity index (χ1) is 11.9. The summed E-state index contributed by atoms with van der Waals surface area (Å²) < 4.78 is 16.4. The van der Waals surface area contributed by atoms with Crippen molar-refractivity contribution in [3.8, 4) is 0 Å². The van der Waals surface area contributed by atoms with Crippen LogP contribution in [-0.4, -0.2) is 35.4 Å². The molecule has 6 nitrogen and oxygen atoms in total. The maximum Gasteiger partial charge on any atom is 0.408 e. The van der Waals surface area contributed by atoms with Gasteiger partial charge in [-0.3, -0.25) is 0 Å². The maximum absolute atomic E-state index is 12.5. The standard InChI is InChI=1S/C20H31NO5/c1-14(25-19(2,3)4)16(17(22)26-20(5,6)7)21-18(23)24-13-15-11-9-8-10-12-15/h8-12,14,16H,13H2,1-7H3,(H,21,23)/t14-,16+/m1/s1. The molecule has 0 aliphatic carbocycles. The molecule has 0 aliphatic heterocycles. The first kappa shape index (κ1) is 22.0. The van der Waals surface area contributed by atoms with Gasteiger partial charge in [-0.05, 0) is 54.0 Å². The van der Waals surface area contributed by atoms with Crippen LogP contribution < -0.4 is 5.32 Å². The van der Waals surface area contributed by atoms with Crippen molar-refractivity contribution in [2.24, 2.45) is 0 Å². The number of carbonyl (C=O) groups is 2. The third kappa shape index (κ3) is 8.85. The smallest absolute Gasteiger partial charge is 0.408 e. The molecule has 1 aromatic carbocycles. The molecule has 6 heteroatoms. The molecule has 1 N–H and O–H groups in total. The quantitative estimate of drug-likeness (QED) is 0.776. The lowest BCUT2D eigenvalue weighted by Gasteiger charge is -2.31. The number of alkyl carbamates (subject to hydrolysis) is 1. The van der Waals surface area contributed by atoms with Gasteiger partial charge in [0.1, 0.15) is 12.2 Å². The van der Waals surface area contributed by atoms with E-state index in [1.807, 2.05) is 51.1 Å². The average molecular weight is 365 g/mol. The Morgan fingerprint density at radius 3 is 2.08 bits per heavy atom. The molecule has 1 rings (SSSR count). The van der Waals surface area contributed by atoms with Gasteiger partial charge in [-0.15, -0.1) is 0 Å². The largest absolute Gasteiger partial charge is 0.458 e. The number of ether oxygens (including phenoxy) is 3. The summed E-state index contributed by atoms with van der Waals surface area (Å²) in [6.45, 7) is 12.8. The van der Waals surface area contributed by atoms with Crippen LogP contribution in [0.1, 0.15) is 54.0 Å². The number of rotatable bonds is 6. The third-order valence-electron chi connectivity index (χ3n) is 3.16. The zero-order valence-corrected chi connectivity index (χ0v) is 16.8. The van der Waals surface area contributed by atoms with Crippen LogP contribution >= 0.6 is 0 Å². The number of esters is 1. The van der Waals surface area contributed by atoms with Crippen molar-refractivity contribution in [1.29, 1.82) is 0 Å². The average Bonchev–Trinajstić information content (AvgIpc) is 2.48. The second-order valence-electron chi connectivity index (χ2n) is 8.15. The molecule has 0 saturated carbocycles. The molecule has 0 fully saturated rings. The SMILES string of the molecule is C[C@@H](OC(C)(C)C)[C@H](NC(=O)OCc1ccccc1)C(=O)OC(C)(C)C. The molecule has 0 bridgehead atoms. The van der Waals surface area contributed by atoms with E-state index in [2.05, 4.69) is 5.32 Å². The van der Waals surface area contributed by atoms with E-state index in [1.165, 1.54) is 0 Å². The Labute approximate surface area is 156 Å². The van der Waals surface area contributed by atoms with Crippen LogP contribution in [0.5, 0.6) is 0 Å². The highest BCUT2D eigenvalue weighted by Gasteiger charge is 2.34. The number of hydrogen-bond donors (Lipinski definition) is 1. The summed E-state index contributed by atoms with van der Waals surface area (Å²) in [5, 5.41) is 2.57. The van der Waals surface area contributed by atoms with Crippen molar-refractivity contribution in [3.05, 3.63) is 35.9 Å². The summed E-state index contributed by atoms with van der Waals surface area (Å²) in [4.78, 5) is 24.7. The summed E-state index contributed by atoms with van der Waals surface area (Å²) in [5.74, 6) is -0.564. The zero-order valence-electron chi connectivity index (χ0n) is 16.8. The molecule has 0 aliphatic rings. The van der Waals surface area contributed by atoms with Crippen LogP contribution in [-0.2, 0) is 25.6 Å². The van der Waals surface area contributed by atoms with E-state index in [9.17, 15) is 9.59 Å². The summed E-state index contributed by atoms with van der Waals surface area (Å²) in [6, 6.07) is 8.33. The van der Waals surface area contributed by atoms with Crippen LogP contribution in [0.25, 0.3) is 0 Å². The lowest BCUT2D eigenvalue weighted by Crippen LogP contribution is -2.52. The molecular formula is C20H31NO5. The fraction of sp³-hybridized carbons (Fsp3) is 0.600. The third-order valence-corrected chi connectivity index (χ3v) is 3.16. The normalized spacial score (nSPS) is 14.3. The molecule has 0 unspecified atom stereocenters. The first-order valence-corrected chi connectivity index (χ1v) is 8.75. The van der Waals surface area contributed by atoms with Gasteiger partial charge in [0, 0.05) is 0 Å². The molecule has 146 valence electrons. The Balaban J connectivity index is 2.76. The predicted octanol–water partition coefficient (Wildman–Crippen LogP) is 3.83. The minimum atomic E-state index is -0.975. The number of amides is 1.